The number of aryl methyl sites for hydroxylation is 1. The Morgan fingerprint density at radius 1 is 0.880 bits per heavy atom. The summed E-state index contributed by atoms with van der Waals surface area (Å²) in [6.45, 7) is 2.05. The Hall–Kier alpha value is -3.27. The van der Waals surface area contributed by atoms with E-state index in [0.29, 0.717) is 11.3 Å². The molecule has 0 bridgehead atoms. The van der Waals surface area contributed by atoms with Gasteiger partial charge in [-0.1, -0.05) is 35.9 Å². The molecule has 0 fully saturated rings. The highest BCUT2D eigenvalue weighted by Gasteiger charge is 2.10. The van der Waals surface area contributed by atoms with Crippen molar-refractivity contribution in [2.24, 2.45) is 0 Å². The van der Waals surface area contributed by atoms with Crippen molar-refractivity contribution in [2.45, 2.75) is 6.92 Å². The van der Waals surface area contributed by atoms with Gasteiger partial charge in [-0.05, 0) is 49.4 Å². The van der Waals surface area contributed by atoms with Crippen LogP contribution in [0.5, 0.6) is 5.75 Å². The molecule has 0 unspecified atom stereocenters. The highest BCUT2D eigenvalue weighted by molar-refractivity contribution is 6.06. The molecule has 0 aliphatic carbocycles. The third kappa shape index (κ3) is 4.18. The van der Waals surface area contributed by atoms with Crippen molar-refractivity contribution < 1.29 is 9.53 Å². The molecule has 0 radical (unpaired) electrons. The second kappa shape index (κ2) is 7.53. The maximum atomic E-state index is 12.5. The molecule has 2 N–H and O–H groups in total. The summed E-state index contributed by atoms with van der Waals surface area (Å²) in [6, 6.07) is 22.8. The minimum Gasteiger partial charge on any atom is -0.497 e. The van der Waals surface area contributed by atoms with Crippen molar-refractivity contribution in [3.63, 3.8) is 0 Å². The van der Waals surface area contributed by atoms with E-state index in [1.807, 2.05) is 61.5 Å². The van der Waals surface area contributed by atoms with Gasteiger partial charge in [0.05, 0.1) is 18.5 Å². The Bertz CT molecular complexity index is 873. The average Bonchev–Trinajstić information content (AvgIpc) is 2.65. The van der Waals surface area contributed by atoms with E-state index in [1.165, 1.54) is 5.56 Å². The van der Waals surface area contributed by atoms with E-state index in [4.69, 9.17) is 4.74 Å². The Balaban J connectivity index is 1.80. The molecule has 0 aromatic heterocycles. The lowest BCUT2D eigenvalue weighted by Gasteiger charge is -2.13. The zero-order chi connectivity index (χ0) is 17.6. The van der Waals surface area contributed by atoms with Crippen LogP contribution in [0.2, 0.25) is 0 Å². The summed E-state index contributed by atoms with van der Waals surface area (Å²) in [6.07, 6.45) is 0. The van der Waals surface area contributed by atoms with Crippen LogP contribution in [-0.2, 0) is 0 Å². The quantitative estimate of drug-likeness (QED) is 0.691. The third-order valence-electron chi connectivity index (χ3n) is 3.84. The lowest BCUT2D eigenvalue weighted by molar-refractivity contribution is 0.102. The van der Waals surface area contributed by atoms with E-state index in [-0.39, 0.29) is 5.91 Å². The van der Waals surface area contributed by atoms with Gasteiger partial charge in [0.15, 0.2) is 0 Å². The number of para-hydroxylation sites is 2. The number of rotatable bonds is 5. The number of carbonyl (C=O) groups excluding carboxylic acids is 1. The number of hydrogen-bond donors (Lipinski definition) is 2. The SMILES string of the molecule is COc1cccc(C(=O)Nc2ccccc2Nc2ccc(C)cc2)c1. The van der Waals surface area contributed by atoms with Crippen molar-refractivity contribution in [1.29, 1.82) is 0 Å². The summed E-state index contributed by atoms with van der Waals surface area (Å²) < 4.78 is 5.18. The molecular weight excluding hydrogens is 312 g/mol. The zero-order valence-electron chi connectivity index (χ0n) is 14.2. The molecule has 126 valence electrons. The molecule has 0 aliphatic heterocycles. The van der Waals surface area contributed by atoms with Crippen LogP contribution >= 0.6 is 0 Å². The largest absolute Gasteiger partial charge is 0.497 e. The lowest BCUT2D eigenvalue weighted by atomic mass is 10.2. The number of hydrogen-bond acceptors (Lipinski definition) is 3. The van der Waals surface area contributed by atoms with Crippen LogP contribution in [0.4, 0.5) is 17.1 Å². The van der Waals surface area contributed by atoms with Crippen LogP contribution in [0.3, 0.4) is 0 Å². The number of anilines is 3. The van der Waals surface area contributed by atoms with E-state index in [9.17, 15) is 4.79 Å². The Morgan fingerprint density at radius 3 is 2.32 bits per heavy atom. The molecule has 1 amide bonds. The molecule has 0 spiro atoms. The first-order valence-electron chi connectivity index (χ1n) is 8.04. The van der Waals surface area contributed by atoms with E-state index >= 15 is 0 Å². The molecule has 4 nitrogen and oxygen atoms in total. The molecule has 3 aromatic rings. The highest BCUT2D eigenvalue weighted by Crippen LogP contribution is 2.26. The second-order valence-corrected chi connectivity index (χ2v) is 5.72. The first kappa shape index (κ1) is 16.6. The van der Waals surface area contributed by atoms with Crippen molar-refractivity contribution in [3.05, 3.63) is 83.9 Å². The fraction of sp³-hybridized carbons (Fsp3) is 0.0952. The van der Waals surface area contributed by atoms with E-state index in [0.717, 1.165) is 17.1 Å². The fourth-order valence-corrected chi connectivity index (χ4v) is 2.45. The first-order valence-corrected chi connectivity index (χ1v) is 8.04. The second-order valence-electron chi connectivity index (χ2n) is 5.72. The number of carbonyl (C=O) groups is 1. The minimum absolute atomic E-state index is 0.183. The molecule has 0 saturated carbocycles. The molecule has 25 heavy (non-hydrogen) atoms. The normalized spacial score (nSPS) is 10.2. The van der Waals surface area contributed by atoms with E-state index in [1.54, 1.807) is 25.3 Å². The van der Waals surface area contributed by atoms with E-state index in [2.05, 4.69) is 10.6 Å². The van der Waals surface area contributed by atoms with Gasteiger partial charge in [-0.3, -0.25) is 4.79 Å². The molecule has 0 saturated heterocycles. The zero-order valence-corrected chi connectivity index (χ0v) is 14.2. The first-order chi connectivity index (χ1) is 12.2. The molecule has 4 heteroatoms. The topological polar surface area (TPSA) is 50.4 Å². The van der Waals surface area contributed by atoms with Gasteiger partial charge in [-0.2, -0.15) is 0 Å². The summed E-state index contributed by atoms with van der Waals surface area (Å²) in [7, 11) is 1.58. The summed E-state index contributed by atoms with van der Waals surface area (Å²) in [5, 5.41) is 6.29. The minimum atomic E-state index is -0.183. The lowest BCUT2D eigenvalue weighted by Crippen LogP contribution is -2.13. The van der Waals surface area contributed by atoms with Gasteiger partial charge in [-0.15, -0.1) is 0 Å². The van der Waals surface area contributed by atoms with Crippen molar-refractivity contribution in [1.82, 2.24) is 0 Å². The third-order valence-corrected chi connectivity index (χ3v) is 3.84. The monoisotopic (exact) mass is 332 g/mol. The van der Waals surface area contributed by atoms with Crippen molar-refractivity contribution in [2.75, 3.05) is 17.7 Å². The Morgan fingerprint density at radius 2 is 1.60 bits per heavy atom. The number of nitrogens with one attached hydrogen (secondary N) is 2. The summed E-state index contributed by atoms with van der Waals surface area (Å²) in [5.74, 6) is 0.468. The van der Waals surface area contributed by atoms with Gasteiger partial charge in [0.2, 0.25) is 0 Å². The van der Waals surface area contributed by atoms with Gasteiger partial charge in [0.1, 0.15) is 5.75 Å². The van der Waals surface area contributed by atoms with Gasteiger partial charge < -0.3 is 15.4 Å². The van der Waals surface area contributed by atoms with Crippen LogP contribution in [-0.4, -0.2) is 13.0 Å². The molecular formula is C21H20N2O2. The smallest absolute Gasteiger partial charge is 0.255 e. The molecule has 0 heterocycles. The average molecular weight is 332 g/mol. The Labute approximate surface area is 147 Å². The van der Waals surface area contributed by atoms with Crippen molar-refractivity contribution in [3.8, 4) is 5.75 Å². The number of amides is 1. The number of methoxy groups -OCH3 is 1. The van der Waals surface area contributed by atoms with Crippen molar-refractivity contribution >= 4 is 23.0 Å². The molecule has 3 rings (SSSR count). The van der Waals surface area contributed by atoms with Crippen LogP contribution < -0.4 is 15.4 Å². The van der Waals surface area contributed by atoms with Crippen LogP contribution in [0.1, 0.15) is 15.9 Å². The highest BCUT2D eigenvalue weighted by atomic mass is 16.5. The summed E-state index contributed by atoms with van der Waals surface area (Å²) in [4.78, 5) is 12.5. The molecule has 3 aromatic carbocycles. The molecule has 0 atom stereocenters. The van der Waals surface area contributed by atoms with Gasteiger partial charge >= 0.3 is 0 Å². The van der Waals surface area contributed by atoms with Gasteiger partial charge in [0, 0.05) is 11.3 Å². The van der Waals surface area contributed by atoms with Crippen LogP contribution in [0, 0.1) is 6.92 Å². The van der Waals surface area contributed by atoms with Crippen LogP contribution in [0.15, 0.2) is 72.8 Å². The number of ether oxygens (including phenoxy) is 1. The fourth-order valence-electron chi connectivity index (χ4n) is 2.45. The van der Waals surface area contributed by atoms with Gasteiger partial charge in [-0.25, -0.2) is 0 Å². The van der Waals surface area contributed by atoms with E-state index < -0.39 is 0 Å². The predicted molar refractivity (Wildman–Crippen MR) is 102 cm³/mol. The number of benzene rings is 3. The van der Waals surface area contributed by atoms with Crippen LogP contribution in [0.25, 0.3) is 0 Å². The summed E-state index contributed by atoms with van der Waals surface area (Å²) in [5.41, 5.74) is 4.27. The Kier molecular flexibility index (Phi) is 5.00. The predicted octanol–water partition coefficient (Wildman–Crippen LogP) is 5.00. The summed E-state index contributed by atoms with van der Waals surface area (Å²) >= 11 is 0. The maximum absolute atomic E-state index is 12.5. The van der Waals surface area contributed by atoms with Gasteiger partial charge in [0.25, 0.3) is 5.91 Å². The standard InChI is InChI=1S/C21H20N2O2/c1-15-10-12-17(13-11-15)22-19-8-3-4-9-20(19)23-21(24)16-6-5-7-18(14-16)25-2/h3-14,22H,1-2H3,(H,23,24). The molecule has 0 aliphatic rings. The maximum Gasteiger partial charge on any atom is 0.255 e.